The molecule has 1 saturated heterocycles. The van der Waals surface area contributed by atoms with Crippen LogP contribution >= 0.6 is 11.8 Å². The van der Waals surface area contributed by atoms with Crippen molar-refractivity contribution in [3.8, 4) is 0 Å². The zero-order valence-electron chi connectivity index (χ0n) is 9.23. The molecular formula is C11H17N3S. The third-order valence-electron chi connectivity index (χ3n) is 2.95. The number of hydrogen-bond acceptors (Lipinski definition) is 4. The van der Waals surface area contributed by atoms with Crippen LogP contribution in [0.25, 0.3) is 0 Å². The Kier molecular flexibility index (Phi) is 3.05. The van der Waals surface area contributed by atoms with Crippen molar-refractivity contribution in [1.29, 1.82) is 0 Å². The molecule has 1 aliphatic heterocycles. The number of nitrogens with two attached hydrogens (primary N) is 1. The van der Waals surface area contributed by atoms with Crippen molar-refractivity contribution in [2.75, 3.05) is 29.2 Å². The molecule has 1 atom stereocenters. The Morgan fingerprint density at radius 3 is 3.00 bits per heavy atom. The van der Waals surface area contributed by atoms with E-state index in [2.05, 4.69) is 16.9 Å². The van der Waals surface area contributed by atoms with Crippen molar-refractivity contribution in [2.45, 2.75) is 19.4 Å². The molecule has 1 aromatic heterocycles. The highest BCUT2D eigenvalue weighted by Crippen LogP contribution is 2.26. The lowest BCUT2D eigenvalue weighted by Gasteiger charge is -2.25. The van der Waals surface area contributed by atoms with Crippen molar-refractivity contribution in [3.05, 3.63) is 17.8 Å². The number of nitrogens with zero attached hydrogens (tertiary/aromatic N) is 2. The summed E-state index contributed by atoms with van der Waals surface area (Å²) in [6.07, 6.45) is 3.10. The van der Waals surface area contributed by atoms with E-state index in [4.69, 9.17) is 5.73 Å². The van der Waals surface area contributed by atoms with Crippen LogP contribution < -0.4 is 10.6 Å². The average molecular weight is 223 g/mol. The highest BCUT2D eigenvalue weighted by Gasteiger charge is 2.21. The fourth-order valence-electron chi connectivity index (χ4n) is 1.74. The second-order valence-corrected chi connectivity index (χ2v) is 5.18. The van der Waals surface area contributed by atoms with Gasteiger partial charge in [-0.15, -0.1) is 0 Å². The highest BCUT2D eigenvalue weighted by atomic mass is 32.2. The Morgan fingerprint density at radius 1 is 1.60 bits per heavy atom. The molecule has 3 nitrogen and oxygen atoms in total. The summed E-state index contributed by atoms with van der Waals surface area (Å²) in [6, 6.07) is 2.59. The van der Waals surface area contributed by atoms with Gasteiger partial charge in [-0.05, 0) is 24.7 Å². The summed E-state index contributed by atoms with van der Waals surface area (Å²) < 4.78 is 0. The lowest BCUT2D eigenvalue weighted by Crippen LogP contribution is -2.31. The first kappa shape index (κ1) is 10.6. The van der Waals surface area contributed by atoms with Gasteiger partial charge in [-0.25, -0.2) is 4.98 Å². The van der Waals surface area contributed by atoms with E-state index in [0.717, 1.165) is 17.1 Å². The quantitative estimate of drug-likeness (QED) is 0.831. The Labute approximate surface area is 95.1 Å². The number of pyridine rings is 1. The van der Waals surface area contributed by atoms with Crippen LogP contribution in [0, 0.1) is 6.92 Å². The molecule has 2 N–H and O–H groups in total. The number of nitrogen functional groups attached to an aromatic ring is 1. The molecule has 0 aromatic carbocycles. The van der Waals surface area contributed by atoms with Crippen molar-refractivity contribution >= 4 is 23.3 Å². The van der Waals surface area contributed by atoms with Crippen LogP contribution in [0.3, 0.4) is 0 Å². The summed E-state index contributed by atoms with van der Waals surface area (Å²) in [5, 5.41) is 0. The molecule has 1 aromatic rings. The van der Waals surface area contributed by atoms with Crippen LogP contribution in [0.4, 0.5) is 11.5 Å². The molecule has 1 fully saturated rings. The molecule has 15 heavy (non-hydrogen) atoms. The van der Waals surface area contributed by atoms with Gasteiger partial charge in [-0.1, -0.05) is 0 Å². The van der Waals surface area contributed by atoms with Gasteiger partial charge in [0.1, 0.15) is 5.82 Å². The summed E-state index contributed by atoms with van der Waals surface area (Å²) in [5.41, 5.74) is 7.77. The number of thioether (sulfide) groups is 1. The fourth-order valence-corrected chi connectivity index (χ4v) is 3.00. The minimum atomic E-state index is 0.615. The first-order valence-corrected chi connectivity index (χ1v) is 6.36. The van der Waals surface area contributed by atoms with E-state index in [9.17, 15) is 0 Å². The van der Waals surface area contributed by atoms with E-state index in [1.807, 2.05) is 30.9 Å². The lowest BCUT2D eigenvalue weighted by atomic mass is 10.2. The van der Waals surface area contributed by atoms with E-state index in [-0.39, 0.29) is 0 Å². The summed E-state index contributed by atoms with van der Waals surface area (Å²) in [7, 11) is 2.10. The second kappa shape index (κ2) is 4.31. The van der Waals surface area contributed by atoms with E-state index in [0.29, 0.717) is 6.04 Å². The fraction of sp³-hybridized carbons (Fsp3) is 0.545. The molecule has 4 heteroatoms. The second-order valence-electron chi connectivity index (χ2n) is 4.03. The normalized spacial score (nSPS) is 20.5. The van der Waals surface area contributed by atoms with Crippen molar-refractivity contribution in [3.63, 3.8) is 0 Å². The van der Waals surface area contributed by atoms with Crippen molar-refractivity contribution in [1.82, 2.24) is 4.98 Å². The number of aryl methyl sites for hydroxylation is 1. The maximum Gasteiger partial charge on any atom is 0.130 e. The van der Waals surface area contributed by atoms with E-state index >= 15 is 0 Å². The third-order valence-corrected chi connectivity index (χ3v) is 4.09. The number of anilines is 2. The Hall–Kier alpha value is -0.900. The molecule has 1 aliphatic rings. The van der Waals surface area contributed by atoms with Crippen molar-refractivity contribution in [2.24, 2.45) is 0 Å². The van der Waals surface area contributed by atoms with E-state index in [1.54, 1.807) is 0 Å². The summed E-state index contributed by atoms with van der Waals surface area (Å²) in [4.78, 5) is 6.67. The van der Waals surface area contributed by atoms with Crippen molar-refractivity contribution < 1.29 is 0 Å². The minimum absolute atomic E-state index is 0.615. The van der Waals surface area contributed by atoms with Gasteiger partial charge in [0, 0.05) is 36.8 Å². The summed E-state index contributed by atoms with van der Waals surface area (Å²) >= 11 is 2.01. The predicted molar refractivity (Wildman–Crippen MR) is 67.5 cm³/mol. The maximum atomic E-state index is 5.89. The number of rotatable bonds is 2. The van der Waals surface area contributed by atoms with Crippen LogP contribution in [-0.2, 0) is 0 Å². The first-order chi connectivity index (χ1) is 7.18. The molecule has 2 rings (SSSR count). The van der Waals surface area contributed by atoms with Crippen LogP contribution in [-0.4, -0.2) is 29.6 Å². The van der Waals surface area contributed by atoms with Gasteiger partial charge in [0.05, 0.1) is 0 Å². The van der Waals surface area contributed by atoms with Crippen LogP contribution in [0.1, 0.15) is 12.0 Å². The molecule has 0 aliphatic carbocycles. The number of aromatic nitrogens is 1. The first-order valence-electron chi connectivity index (χ1n) is 5.21. The average Bonchev–Trinajstić information content (AvgIpc) is 2.74. The van der Waals surface area contributed by atoms with Gasteiger partial charge in [0.15, 0.2) is 0 Å². The highest BCUT2D eigenvalue weighted by molar-refractivity contribution is 7.99. The van der Waals surface area contributed by atoms with E-state index < -0.39 is 0 Å². The van der Waals surface area contributed by atoms with Gasteiger partial charge in [-0.2, -0.15) is 11.8 Å². The standard InChI is InChI=1S/C11H17N3S/c1-8-6-13-11(5-10(8)12)14(2)9-3-4-15-7-9/h5-6,9H,3-4,7H2,1-2H3,(H2,12,13). The zero-order chi connectivity index (χ0) is 10.8. The maximum absolute atomic E-state index is 5.89. The molecule has 2 heterocycles. The monoisotopic (exact) mass is 223 g/mol. The summed E-state index contributed by atoms with van der Waals surface area (Å²) in [5.74, 6) is 3.45. The topological polar surface area (TPSA) is 42.2 Å². The molecule has 0 radical (unpaired) electrons. The van der Waals surface area contributed by atoms with E-state index in [1.165, 1.54) is 17.9 Å². The van der Waals surface area contributed by atoms with Gasteiger partial charge < -0.3 is 10.6 Å². The molecular weight excluding hydrogens is 206 g/mol. The lowest BCUT2D eigenvalue weighted by molar-refractivity contribution is 0.692. The van der Waals surface area contributed by atoms with Gasteiger partial charge >= 0.3 is 0 Å². The molecule has 82 valence electrons. The smallest absolute Gasteiger partial charge is 0.130 e. The predicted octanol–water partition coefficient (Wildman–Crippen LogP) is 1.91. The minimum Gasteiger partial charge on any atom is -0.398 e. The Morgan fingerprint density at radius 2 is 2.40 bits per heavy atom. The van der Waals surface area contributed by atoms with Crippen LogP contribution in [0.15, 0.2) is 12.3 Å². The Balaban J connectivity index is 2.17. The van der Waals surface area contributed by atoms with Crippen LogP contribution in [0.5, 0.6) is 0 Å². The molecule has 0 amide bonds. The number of hydrogen-bond donors (Lipinski definition) is 1. The molecule has 1 unspecified atom stereocenters. The largest absolute Gasteiger partial charge is 0.398 e. The molecule has 0 spiro atoms. The van der Waals surface area contributed by atoms with Crippen LogP contribution in [0.2, 0.25) is 0 Å². The third kappa shape index (κ3) is 2.20. The van der Waals surface area contributed by atoms with Gasteiger partial charge in [-0.3, -0.25) is 0 Å². The molecule has 0 saturated carbocycles. The Bertz CT molecular complexity index is 348. The molecule has 0 bridgehead atoms. The zero-order valence-corrected chi connectivity index (χ0v) is 10.0. The summed E-state index contributed by atoms with van der Waals surface area (Å²) in [6.45, 7) is 1.98. The van der Waals surface area contributed by atoms with Gasteiger partial charge in [0.2, 0.25) is 0 Å². The van der Waals surface area contributed by atoms with Gasteiger partial charge in [0.25, 0.3) is 0 Å². The SMILES string of the molecule is Cc1cnc(N(C)C2CCSC2)cc1N.